The molecular formula is C12H25NO2. The van der Waals surface area contributed by atoms with Crippen molar-refractivity contribution in [1.29, 1.82) is 0 Å². The fraction of sp³-hybridized carbons (Fsp3) is 0.917. The second-order valence-corrected chi connectivity index (χ2v) is 3.91. The van der Waals surface area contributed by atoms with Crippen molar-refractivity contribution in [3.05, 3.63) is 0 Å². The molecule has 0 aliphatic heterocycles. The summed E-state index contributed by atoms with van der Waals surface area (Å²) in [7, 11) is 0. The molecule has 0 aliphatic carbocycles. The lowest BCUT2D eigenvalue weighted by atomic mass is 10.3. The van der Waals surface area contributed by atoms with Crippen molar-refractivity contribution in [2.45, 2.75) is 46.0 Å². The number of carbonyl (C=O) groups is 1. The Balaban J connectivity index is 2.89. The minimum absolute atomic E-state index is 0.200. The lowest BCUT2D eigenvalue weighted by Gasteiger charge is -2.04. The Kier molecular flexibility index (Phi) is 11.3. The maximum atomic E-state index is 10.6. The minimum Gasteiger partial charge on any atom is -0.381 e. The van der Waals surface area contributed by atoms with E-state index in [1.165, 1.54) is 19.3 Å². The summed E-state index contributed by atoms with van der Waals surface area (Å²) in [5, 5.41) is 3.09. The predicted molar refractivity (Wildman–Crippen MR) is 63.1 cm³/mol. The van der Waals surface area contributed by atoms with Crippen LogP contribution in [-0.2, 0) is 9.53 Å². The van der Waals surface area contributed by atoms with Crippen molar-refractivity contribution in [3.63, 3.8) is 0 Å². The zero-order chi connectivity index (χ0) is 11.4. The Hall–Kier alpha value is -0.410. The van der Waals surface area contributed by atoms with Crippen LogP contribution in [0, 0.1) is 0 Å². The number of rotatable bonds is 11. The normalized spacial score (nSPS) is 10.5. The van der Waals surface area contributed by atoms with Gasteiger partial charge in [-0.25, -0.2) is 0 Å². The fourth-order valence-electron chi connectivity index (χ4n) is 1.27. The van der Waals surface area contributed by atoms with E-state index in [0.717, 1.165) is 32.6 Å². The van der Waals surface area contributed by atoms with Crippen LogP contribution in [-0.4, -0.2) is 32.1 Å². The van der Waals surface area contributed by atoms with Gasteiger partial charge in [-0.15, -0.1) is 0 Å². The second-order valence-electron chi connectivity index (χ2n) is 3.91. The number of ether oxygens (including phenoxy) is 1. The van der Waals surface area contributed by atoms with Crippen LogP contribution in [0.15, 0.2) is 0 Å². The summed E-state index contributed by atoms with van der Waals surface area (Å²) in [6.07, 6.45) is 5.86. The van der Waals surface area contributed by atoms with Crippen LogP contribution in [0.2, 0.25) is 0 Å². The maximum Gasteiger partial charge on any atom is 0.143 e. The van der Waals surface area contributed by atoms with Crippen LogP contribution < -0.4 is 5.32 Å². The van der Waals surface area contributed by atoms with Crippen LogP contribution in [0.3, 0.4) is 0 Å². The van der Waals surface area contributed by atoms with E-state index in [0.29, 0.717) is 6.54 Å². The summed E-state index contributed by atoms with van der Waals surface area (Å²) >= 11 is 0. The molecule has 0 heterocycles. The molecule has 0 saturated carbocycles. The Labute approximate surface area is 93.6 Å². The van der Waals surface area contributed by atoms with Crippen LogP contribution >= 0.6 is 0 Å². The van der Waals surface area contributed by atoms with E-state index in [2.05, 4.69) is 12.2 Å². The van der Waals surface area contributed by atoms with Gasteiger partial charge in [0.15, 0.2) is 0 Å². The molecule has 0 aliphatic rings. The van der Waals surface area contributed by atoms with E-state index < -0.39 is 0 Å². The van der Waals surface area contributed by atoms with Crippen LogP contribution in [0.4, 0.5) is 0 Å². The number of hydrogen-bond acceptors (Lipinski definition) is 3. The summed E-state index contributed by atoms with van der Waals surface area (Å²) in [5.74, 6) is 0.200. The third-order valence-electron chi connectivity index (χ3n) is 2.16. The van der Waals surface area contributed by atoms with E-state index in [4.69, 9.17) is 4.74 Å². The van der Waals surface area contributed by atoms with E-state index in [9.17, 15) is 4.79 Å². The lowest BCUT2D eigenvalue weighted by Crippen LogP contribution is -2.22. The van der Waals surface area contributed by atoms with Crippen molar-refractivity contribution in [1.82, 2.24) is 5.32 Å². The van der Waals surface area contributed by atoms with E-state index in [1.807, 2.05) is 0 Å². The molecule has 0 rings (SSSR count). The van der Waals surface area contributed by atoms with Gasteiger partial charge in [-0.3, -0.25) is 4.79 Å². The van der Waals surface area contributed by atoms with Crippen LogP contribution in [0.5, 0.6) is 0 Å². The molecule has 0 fully saturated rings. The molecular weight excluding hydrogens is 190 g/mol. The van der Waals surface area contributed by atoms with Gasteiger partial charge in [-0.2, -0.15) is 0 Å². The van der Waals surface area contributed by atoms with Gasteiger partial charge < -0.3 is 10.1 Å². The highest BCUT2D eigenvalue weighted by Crippen LogP contribution is 1.95. The Morgan fingerprint density at radius 2 is 1.80 bits per heavy atom. The molecule has 0 aromatic heterocycles. The molecule has 3 heteroatoms. The summed E-state index contributed by atoms with van der Waals surface area (Å²) < 4.78 is 5.47. The molecule has 0 saturated heterocycles. The van der Waals surface area contributed by atoms with Gasteiger partial charge >= 0.3 is 0 Å². The first-order valence-corrected chi connectivity index (χ1v) is 6.05. The van der Waals surface area contributed by atoms with Gasteiger partial charge in [0.1, 0.15) is 5.78 Å². The molecule has 90 valence electrons. The highest BCUT2D eigenvalue weighted by atomic mass is 16.5. The minimum atomic E-state index is 0.200. The predicted octanol–water partition coefficient (Wildman–Crippen LogP) is 2.15. The van der Waals surface area contributed by atoms with Gasteiger partial charge in [0.2, 0.25) is 0 Å². The lowest BCUT2D eigenvalue weighted by molar-refractivity contribution is -0.116. The number of carbonyl (C=O) groups excluding carboxylic acids is 1. The van der Waals surface area contributed by atoms with Gasteiger partial charge in [0, 0.05) is 13.2 Å². The largest absolute Gasteiger partial charge is 0.381 e. The zero-order valence-corrected chi connectivity index (χ0v) is 10.2. The van der Waals surface area contributed by atoms with Gasteiger partial charge in [0.05, 0.1) is 6.54 Å². The molecule has 0 aromatic carbocycles. The Morgan fingerprint density at radius 1 is 1.13 bits per heavy atom. The standard InChI is InChI=1S/C12H25NO2/c1-3-4-6-9-15-10-7-5-8-13-11-12(2)14/h13H,3-11H2,1-2H3. The quantitative estimate of drug-likeness (QED) is 0.537. The first kappa shape index (κ1) is 14.6. The number of nitrogens with one attached hydrogen (secondary N) is 1. The van der Waals surface area contributed by atoms with Crippen molar-refractivity contribution in [3.8, 4) is 0 Å². The average Bonchev–Trinajstić information content (AvgIpc) is 2.20. The first-order valence-electron chi connectivity index (χ1n) is 6.05. The monoisotopic (exact) mass is 215 g/mol. The van der Waals surface area contributed by atoms with Gasteiger partial charge in [-0.05, 0) is 32.7 Å². The molecule has 0 aromatic rings. The SMILES string of the molecule is CCCCCOCCCCNCC(C)=O. The molecule has 0 amide bonds. The average molecular weight is 215 g/mol. The third kappa shape index (κ3) is 13.6. The van der Waals surface area contributed by atoms with Gasteiger partial charge in [0.25, 0.3) is 0 Å². The molecule has 15 heavy (non-hydrogen) atoms. The third-order valence-corrected chi connectivity index (χ3v) is 2.16. The molecule has 0 unspecified atom stereocenters. The highest BCUT2D eigenvalue weighted by molar-refractivity contribution is 5.77. The smallest absolute Gasteiger partial charge is 0.143 e. The second kappa shape index (κ2) is 11.7. The van der Waals surface area contributed by atoms with Crippen LogP contribution in [0.1, 0.15) is 46.0 Å². The highest BCUT2D eigenvalue weighted by Gasteiger charge is 1.93. The Bertz CT molecular complexity index is 149. The van der Waals surface area contributed by atoms with Crippen molar-refractivity contribution in [2.75, 3.05) is 26.3 Å². The number of hydrogen-bond donors (Lipinski definition) is 1. The number of unbranched alkanes of at least 4 members (excludes halogenated alkanes) is 3. The van der Waals surface area contributed by atoms with Crippen LogP contribution in [0.25, 0.3) is 0 Å². The van der Waals surface area contributed by atoms with E-state index in [1.54, 1.807) is 6.92 Å². The van der Waals surface area contributed by atoms with E-state index in [-0.39, 0.29) is 5.78 Å². The van der Waals surface area contributed by atoms with Crippen molar-refractivity contribution < 1.29 is 9.53 Å². The molecule has 0 bridgehead atoms. The molecule has 1 N–H and O–H groups in total. The zero-order valence-electron chi connectivity index (χ0n) is 10.2. The van der Waals surface area contributed by atoms with Crippen molar-refractivity contribution in [2.24, 2.45) is 0 Å². The maximum absolute atomic E-state index is 10.6. The molecule has 0 atom stereocenters. The van der Waals surface area contributed by atoms with Gasteiger partial charge in [-0.1, -0.05) is 19.8 Å². The van der Waals surface area contributed by atoms with Crippen molar-refractivity contribution >= 4 is 5.78 Å². The fourth-order valence-corrected chi connectivity index (χ4v) is 1.27. The Morgan fingerprint density at radius 3 is 2.40 bits per heavy atom. The summed E-state index contributed by atoms with van der Waals surface area (Å²) in [6.45, 7) is 6.96. The summed E-state index contributed by atoms with van der Waals surface area (Å²) in [6, 6.07) is 0. The molecule has 0 spiro atoms. The molecule has 3 nitrogen and oxygen atoms in total. The molecule has 0 radical (unpaired) electrons. The van der Waals surface area contributed by atoms with E-state index >= 15 is 0 Å². The number of ketones is 1. The number of Topliss-reactive ketones (excluding diaryl/α,β-unsaturated/α-hetero) is 1. The topological polar surface area (TPSA) is 38.3 Å². The summed E-state index contributed by atoms with van der Waals surface area (Å²) in [4.78, 5) is 10.6. The first-order chi connectivity index (χ1) is 7.27. The summed E-state index contributed by atoms with van der Waals surface area (Å²) in [5.41, 5.74) is 0.